The third-order valence-corrected chi connectivity index (χ3v) is 7.58. The van der Waals surface area contributed by atoms with E-state index >= 15 is 0 Å². The smallest absolute Gasteiger partial charge is 0.308 e. The van der Waals surface area contributed by atoms with Crippen molar-refractivity contribution >= 4 is 5.97 Å². The van der Waals surface area contributed by atoms with E-state index in [1.807, 2.05) is 13.8 Å². The Hall–Kier alpha value is -1.51. The summed E-state index contributed by atoms with van der Waals surface area (Å²) < 4.78 is 12.0. The van der Waals surface area contributed by atoms with Gasteiger partial charge in [0.05, 0.1) is 0 Å². The van der Waals surface area contributed by atoms with Gasteiger partial charge < -0.3 is 9.47 Å². The molecule has 0 aromatic heterocycles. The molecule has 0 bridgehead atoms. The summed E-state index contributed by atoms with van der Waals surface area (Å²) in [5.74, 6) is 3.93. The summed E-state index contributed by atoms with van der Waals surface area (Å²) >= 11 is 0. The van der Waals surface area contributed by atoms with Crippen molar-refractivity contribution in [2.24, 2.45) is 17.8 Å². The third-order valence-electron chi connectivity index (χ3n) is 7.58. The van der Waals surface area contributed by atoms with Gasteiger partial charge in [0.15, 0.2) is 0 Å². The number of benzene rings is 1. The van der Waals surface area contributed by atoms with Gasteiger partial charge in [0.25, 0.3) is 0 Å². The molecule has 1 aliphatic rings. The van der Waals surface area contributed by atoms with Gasteiger partial charge in [-0.05, 0) is 81.4 Å². The zero-order valence-corrected chi connectivity index (χ0v) is 22.8. The van der Waals surface area contributed by atoms with E-state index < -0.39 is 0 Å². The van der Waals surface area contributed by atoms with E-state index in [2.05, 4.69) is 40.7 Å². The third kappa shape index (κ3) is 8.98. The second-order valence-electron chi connectivity index (χ2n) is 11.6. The minimum Gasteiger partial charge on any atom is -0.487 e. The fourth-order valence-corrected chi connectivity index (χ4v) is 5.35. The van der Waals surface area contributed by atoms with Gasteiger partial charge in [-0.1, -0.05) is 72.6 Å². The lowest BCUT2D eigenvalue weighted by atomic mass is 9.85. The van der Waals surface area contributed by atoms with Crippen molar-refractivity contribution in [3.8, 4) is 11.5 Å². The van der Waals surface area contributed by atoms with Gasteiger partial charge in [-0.15, -0.1) is 0 Å². The molecule has 1 aromatic rings. The highest BCUT2D eigenvalue weighted by atomic mass is 16.5. The lowest BCUT2D eigenvalue weighted by Crippen LogP contribution is -2.36. The molecular weight excluding hydrogens is 408 g/mol. The van der Waals surface area contributed by atoms with Gasteiger partial charge in [-0.25, -0.2) is 0 Å². The monoisotopic (exact) mass is 458 g/mol. The lowest BCUT2D eigenvalue weighted by Gasteiger charge is -2.37. The Morgan fingerprint density at radius 1 is 1.00 bits per heavy atom. The molecule has 0 aliphatic carbocycles. The van der Waals surface area contributed by atoms with Crippen LogP contribution in [0.4, 0.5) is 0 Å². The van der Waals surface area contributed by atoms with Crippen molar-refractivity contribution < 1.29 is 14.3 Å². The van der Waals surface area contributed by atoms with E-state index in [0.717, 1.165) is 53.9 Å². The molecule has 188 valence electrons. The number of rotatable bonds is 13. The molecule has 0 unspecified atom stereocenters. The van der Waals surface area contributed by atoms with Crippen molar-refractivity contribution in [1.82, 2.24) is 0 Å². The fraction of sp³-hybridized carbons (Fsp3) is 0.767. The highest BCUT2D eigenvalue weighted by Crippen LogP contribution is 2.42. The lowest BCUT2D eigenvalue weighted by molar-refractivity contribution is -0.132. The molecule has 0 spiro atoms. The zero-order chi connectivity index (χ0) is 24.6. The van der Waals surface area contributed by atoms with Crippen LogP contribution in [0.5, 0.6) is 11.5 Å². The molecule has 1 aromatic carbocycles. The number of aryl methyl sites for hydroxylation is 1. The first-order valence-electron chi connectivity index (χ1n) is 13.5. The predicted molar refractivity (Wildman–Crippen MR) is 139 cm³/mol. The number of hydrogen-bond donors (Lipinski definition) is 0. The standard InChI is InChI=1S/C30H50O3/c1-21(2)12-9-13-22(3)14-10-15-23(4)16-11-18-30(8)19-17-27-25(6)29(32-26(7)31)24(5)20-28(27)33-30/h20-23H,9-19H2,1-8H3/t22-,23-,30-/m1/s1. The summed E-state index contributed by atoms with van der Waals surface area (Å²) in [6.45, 7) is 17.3. The van der Waals surface area contributed by atoms with Crippen molar-refractivity contribution in [2.45, 2.75) is 132 Å². The number of esters is 1. The molecule has 0 N–H and O–H groups in total. The first-order valence-corrected chi connectivity index (χ1v) is 13.5. The maximum Gasteiger partial charge on any atom is 0.308 e. The number of hydrogen-bond acceptors (Lipinski definition) is 3. The Morgan fingerprint density at radius 2 is 1.58 bits per heavy atom. The van der Waals surface area contributed by atoms with Gasteiger partial charge >= 0.3 is 5.97 Å². The molecule has 2 rings (SSSR count). The quantitative estimate of drug-likeness (QED) is 0.219. The average Bonchev–Trinajstić information content (AvgIpc) is 2.70. The van der Waals surface area contributed by atoms with Crippen LogP contribution in [0.3, 0.4) is 0 Å². The van der Waals surface area contributed by atoms with E-state index in [9.17, 15) is 4.79 Å². The number of fused-ring (bicyclic) bond motifs is 1. The van der Waals surface area contributed by atoms with E-state index in [4.69, 9.17) is 9.47 Å². The van der Waals surface area contributed by atoms with Crippen LogP contribution in [0, 0.1) is 31.6 Å². The minimum absolute atomic E-state index is 0.0977. The number of carbonyl (C=O) groups excluding carboxylic acids is 1. The highest BCUT2D eigenvalue weighted by molar-refractivity contribution is 5.71. The Balaban J connectivity index is 1.76. The van der Waals surface area contributed by atoms with Crippen molar-refractivity contribution in [3.63, 3.8) is 0 Å². The van der Waals surface area contributed by atoms with E-state index in [1.54, 1.807) is 0 Å². The second kappa shape index (κ2) is 12.8. The van der Waals surface area contributed by atoms with Gasteiger partial charge in [-0.3, -0.25) is 4.79 Å². The average molecular weight is 459 g/mol. The van der Waals surface area contributed by atoms with Crippen molar-refractivity contribution in [2.75, 3.05) is 0 Å². The van der Waals surface area contributed by atoms with Crippen LogP contribution in [0.2, 0.25) is 0 Å². The Morgan fingerprint density at radius 3 is 2.15 bits per heavy atom. The van der Waals surface area contributed by atoms with E-state index in [-0.39, 0.29) is 11.6 Å². The molecular formula is C30H50O3. The molecule has 0 saturated carbocycles. The summed E-state index contributed by atoms with van der Waals surface area (Å²) in [5.41, 5.74) is 3.12. The summed E-state index contributed by atoms with van der Waals surface area (Å²) in [5, 5.41) is 0. The minimum atomic E-state index is -0.266. The van der Waals surface area contributed by atoms with Crippen LogP contribution in [-0.4, -0.2) is 11.6 Å². The SMILES string of the molecule is CC(=O)Oc1c(C)cc2c(c1C)CC[C@@](C)(CCC[C@H](C)CCC[C@H](C)CCCC(C)C)O2. The molecule has 0 radical (unpaired) electrons. The first-order chi connectivity index (χ1) is 15.5. The predicted octanol–water partition coefficient (Wildman–Crippen LogP) is 8.75. The molecule has 3 nitrogen and oxygen atoms in total. The molecule has 3 heteroatoms. The highest BCUT2D eigenvalue weighted by Gasteiger charge is 2.33. The van der Waals surface area contributed by atoms with Crippen molar-refractivity contribution in [3.05, 3.63) is 22.8 Å². The molecule has 0 amide bonds. The molecule has 1 aliphatic heterocycles. The normalized spacial score (nSPS) is 19.7. The molecule has 33 heavy (non-hydrogen) atoms. The second-order valence-corrected chi connectivity index (χ2v) is 11.6. The Kier molecular flexibility index (Phi) is 10.8. The van der Waals surface area contributed by atoms with Crippen LogP contribution in [-0.2, 0) is 11.2 Å². The largest absolute Gasteiger partial charge is 0.487 e. The zero-order valence-electron chi connectivity index (χ0n) is 22.8. The first kappa shape index (κ1) is 27.7. The molecule has 0 fully saturated rings. The van der Waals surface area contributed by atoms with Gasteiger partial charge in [-0.2, -0.15) is 0 Å². The Bertz CT molecular complexity index is 766. The van der Waals surface area contributed by atoms with E-state index in [1.165, 1.54) is 63.9 Å². The van der Waals surface area contributed by atoms with Crippen LogP contribution >= 0.6 is 0 Å². The van der Waals surface area contributed by atoms with Crippen LogP contribution in [0.25, 0.3) is 0 Å². The summed E-state index contributed by atoms with van der Waals surface area (Å²) in [6.07, 6.45) is 13.9. The maximum absolute atomic E-state index is 11.5. The van der Waals surface area contributed by atoms with Crippen LogP contribution in [0.1, 0.15) is 122 Å². The topological polar surface area (TPSA) is 35.5 Å². The molecule has 0 saturated heterocycles. The van der Waals surface area contributed by atoms with Gasteiger partial charge in [0.2, 0.25) is 0 Å². The number of ether oxygens (including phenoxy) is 2. The summed E-state index contributed by atoms with van der Waals surface area (Å²) in [4.78, 5) is 11.5. The molecule has 3 atom stereocenters. The van der Waals surface area contributed by atoms with E-state index in [0.29, 0.717) is 5.75 Å². The summed E-state index contributed by atoms with van der Waals surface area (Å²) in [6, 6.07) is 2.06. The van der Waals surface area contributed by atoms with Crippen LogP contribution in [0.15, 0.2) is 6.07 Å². The van der Waals surface area contributed by atoms with Gasteiger partial charge in [0, 0.05) is 12.5 Å². The number of carbonyl (C=O) groups is 1. The summed E-state index contributed by atoms with van der Waals surface area (Å²) in [7, 11) is 0. The van der Waals surface area contributed by atoms with Gasteiger partial charge in [0.1, 0.15) is 17.1 Å². The maximum atomic E-state index is 11.5. The Labute approximate surface area is 204 Å². The van der Waals surface area contributed by atoms with Crippen molar-refractivity contribution in [1.29, 1.82) is 0 Å². The molecule has 1 heterocycles. The fourth-order valence-electron chi connectivity index (χ4n) is 5.35. The van der Waals surface area contributed by atoms with Crippen LogP contribution < -0.4 is 9.47 Å².